The van der Waals surface area contributed by atoms with Gasteiger partial charge in [0.05, 0.1) is 6.67 Å². The highest BCUT2D eigenvalue weighted by Crippen LogP contribution is 2.16. The van der Waals surface area contributed by atoms with E-state index in [1.54, 1.807) is 6.92 Å². The summed E-state index contributed by atoms with van der Waals surface area (Å²) in [5.41, 5.74) is 0. The third-order valence-electron chi connectivity index (χ3n) is 1.86. The monoisotopic (exact) mass is 130 g/mol. The lowest BCUT2D eigenvalue weighted by Crippen LogP contribution is -2.17. The fourth-order valence-electron chi connectivity index (χ4n) is 0.972. The Morgan fingerprint density at radius 1 is 1.89 bits per heavy atom. The molecular formula is C6H10FNO. The molecule has 0 spiro atoms. The van der Waals surface area contributed by atoms with Crippen molar-refractivity contribution in [2.75, 3.05) is 13.2 Å². The summed E-state index contributed by atoms with van der Waals surface area (Å²) < 4.78 is 11.9. The van der Waals surface area contributed by atoms with Crippen LogP contribution in [0.15, 0.2) is 0 Å². The van der Waals surface area contributed by atoms with Gasteiger partial charge in [-0.3, -0.25) is 9.18 Å². The summed E-state index contributed by atoms with van der Waals surface area (Å²) in [7, 11) is 0. The number of hydrogen-bond acceptors (Lipinski definition) is 1. The van der Waals surface area contributed by atoms with Gasteiger partial charge in [0.1, 0.15) is 0 Å². The number of carbonyl (C=O) groups is 1. The molecule has 1 rings (SSSR count). The van der Waals surface area contributed by atoms with Crippen LogP contribution in [0, 0.1) is 11.8 Å². The van der Waals surface area contributed by atoms with Gasteiger partial charge in [-0.1, -0.05) is 6.92 Å². The lowest BCUT2D eigenvalue weighted by molar-refractivity contribution is -0.122. The van der Waals surface area contributed by atoms with Crippen LogP contribution in [0.25, 0.3) is 0 Å². The molecule has 0 bridgehead atoms. The zero-order chi connectivity index (χ0) is 6.85. The molecule has 0 aromatic heterocycles. The van der Waals surface area contributed by atoms with E-state index < -0.39 is 0 Å². The second-order valence-corrected chi connectivity index (χ2v) is 2.45. The molecule has 1 N–H and O–H groups in total. The molecular weight excluding hydrogens is 120 g/mol. The van der Waals surface area contributed by atoms with Crippen LogP contribution in [0.1, 0.15) is 6.92 Å². The van der Waals surface area contributed by atoms with Crippen molar-refractivity contribution in [2.24, 2.45) is 11.8 Å². The number of halogens is 1. The van der Waals surface area contributed by atoms with Crippen LogP contribution in [0.2, 0.25) is 0 Å². The summed E-state index contributed by atoms with van der Waals surface area (Å²) in [5.74, 6) is -0.231. The number of carbonyl (C=O) groups excluding carboxylic acids is 1. The van der Waals surface area contributed by atoms with Gasteiger partial charge in [-0.25, -0.2) is 0 Å². The minimum atomic E-state index is -0.389. The first-order valence-electron chi connectivity index (χ1n) is 3.09. The van der Waals surface area contributed by atoms with Crippen molar-refractivity contribution in [3.63, 3.8) is 0 Å². The second kappa shape index (κ2) is 2.33. The van der Waals surface area contributed by atoms with Gasteiger partial charge in [0.25, 0.3) is 0 Å². The highest BCUT2D eigenvalue weighted by Gasteiger charge is 2.30. The molecule has 0 aromatic rings. The average molecular weight is 130 g/mol. The zero-order valence-corrected chi connectivity index (χ0v) is 5.36. The largest absolute Gasteiger partial charge is 0.355 e. The molecule has 1 fully saturated rings. The maximum Gasteiger partial charge on any atom is 0.223 e. The molecule has 3 heteroatoms. The zero-order valence-electron chi connectivity index (χ0n) is 5.36. The number of rotatable bonds is 1. The number of nitrogens with one attached hydrogen (secondary N) is 1. The normalized spacial score (nSPS) is 34.7. The highest BCUT2D eigenvalue weighted by atomic mass is 18.2. The van der Waals surface area contributed by atoms with Crippen molar-refractivity contribution in [1.29, 1.82) is 0 Å². The minimum absolute atomic E-state index is 0.0161. The van der Waals surface area contributed by atoms with Crippen molar-refractivity contribution in [3.8, 4) is 0 Å². The topological polar surface area (TPSA) is 29.1 Å². The molecule has 1 amide bonds. The maximum atomic E-state index is 11.9. The molecule has 1 aliphatic heterocycles. The predicted molar refractivity (Wildman–Crippen MR) is 31.6 cm³/mol. The lowest BCUT2D eigenvalue weighted by atomic mass is 9.99. The number of amides is 1. The van der Waals surface area contributed by atoms with Crippen molar-refractivity contribution in [3.05, 3.63) is 0 Å². The first-order chi connectivity index (χ1) is 4.25. The molecule has 1 heterocycles. The van der Waals surface area contributed by atoms with E-state index in [9.17, 15) is 9.18 Å². The number of hydrogen-bond donors (Lipinski definition) is 1. The Bertz CT molecular complexity index is 126. The van der Waals surface area contributed by atoms with Gasteiger partial charge in [-0.05, 0) is 0 Å². The van der Waals surface area contributed by atoms with Crippen LogP contribution in [-0.4, -0.2) is 19.1 Å². The van der Waals surface area contributed by atoms with Gasteiger partial charge in [0.15, 0.2) is 0 Å². The lowest BCUT2D eigenvalue weighted by Gasteiger charge is -2.04. The van der Waals surface area contributed by atoms with E-state index in [0.29, 0.717) is 6.54 Å². The van der Waals surface area contributed by atoms with Crippen LogP contribution in [0.5, 0.6) is 0 Å². The molecule has 1 aliphatic rings. The first kappa shape index (κ1) is 6.52. The standard InChI is InChI=1S/C6H10FNO/c1-4-5(2-7)3-8-6(4)9/h4-5H,2-3H2,1H3,(H,8,9)/i7-1. The van der Waals surface area contributed by atoms with E-state index >= 15 is 0 Å². The van der Waals surface area contributed by atoms with Gasteiger partial charge in [-0.15, -0.1) is 0 Å². The molecule has 52 valence electrons. The molecule has 9 heavy (non-hydrogen) atoms. The van der Waals surface area contributed by atoms with Crippen molar-refractivity contribution < 1.29 is 9.18 Å². The van der Waals surface area contributed by atoms with E-state index in [1.807, 2.05) is 0 Å². The van der Waals surface area contributed by atoms with Gasteiger partial charge < -0.3 is 5.32 Å². The Hall–Kier alpha value is -0.600. The Morgan fingerprint density at radius 2 is 2.56 bits per heavy atom. The van der Waals surface area contributed by atoms with E-state index in [1.165, 1.54) is 0 Å². The highest BCUT2D eigenvalue weighted by molar-refractivity contribution is 5.80. The SMILES string of the molecule is CC1C(=O)NCC1C[18F]. The smallest absolute Gasteiger partial charge is 0.223 e. The summed E-state index contributed by atoms with van der Waals surface area (Å²) in [4.78, 5) is 10.7. The van der Waals surface area contributed by atoms with Gasteiger partial charge in [-0.2, -0.15) is 0 Å². The molecule has 2 nitrogen and oxygen atoms in total. The first-order valence-corrected chi connectivity index (χ1v) is 3.09. The fourth-order valence-corrected chi connectivity index (χ4v) is 0.972. The van der Waals surface area contributed by atoms with Crippen LogP contribution in [-0.2, 0) is 4.79 Å². The van der Waals surface area contributed by atoms with Gasteiger partial charge >= 0.3 is 0 Å². The molecule has 1 saturated heterocycles. The Balaban J connectivity index is 2.51. The molecule has 0 aromatic carbocycles. The van der Waals surface area contributed by atoms with E-state index in [4.69, 9.17) is 0 Å². The van der Waals surface area contributed by atoms with Gasteiger partial charge in [0, 0.05) is 18.4 Å². The van der Waals surface area contributed by atoms with E-state index in [2.05, 4.69) is 5.32 Å². The van der Waals surface area contributed by atoms with E-state index in [-0.39, 0.29) is 24.4 Å². The maximum absolute atomic E-state index is 11.9. The minimum Gasteiger partial charge on any atom is -0.355 e. The van der Waals surface area contributed by atoms with Crippen molar-refractivity contribution in [2.45, 2.75) is 6.92 Å². The predicted octanol–water partition coefficient (Wildman–Crippen LogP) is 0.338. The van der Waals surface area contributed by atoms with Gasteiger partial charge in [0.2, 0.25) is 5.91 Å². The van der Waals surface area contributed by atoms with E-state index in [0.717, 1.165) is 0 Å². The molecule has 0 aliphatic carbocycles. The molecule has 2 atom stereocenters. The Morgan fingerprint density at radius 3 is 2.78 bits per heavy atom. The van der Waals surface area contributed by atoms with Crippen molar-refractivity contribution in [1.82, 2.24) is 5.32 Å². The quantitative estimate of drug-likeness (QED) is 0.544. The fraction of sp³-hybridized carbons (Fsp3) is 0.833. The Kier molecular flexibility index (Phi) is 1.69. The number of alkyl halides is 1. The van der Waals surface area contributed by atoms with Crippen LogP contribution in [0.4, 0.5) is 4.39 Å². The molecule has 0 saturated carbocycles. The molecule has 0 radical (unpaired) electrons. The van der Waals surface area contributed by atoms with Crippen LogP contribution in [0.3, 0.4) is 0 Å². The second-order valence-electron chi connectivity index (χ2n) is 2.45. The summed E-state index contributed by atoms with van der Waals surface area (Å²) in [6.07, 6.45) is 0. The summed E-state index contributed by atoms with van der Waals surface area (Å²) >= 11 is 0. The van der Waals surface area contributed by atoms with Crippen molar-refractivity contribution >= 4 is 5.91 Å². The summed E-state index contributed by atoms with van der Waals surface area (Å²) in [5, 5.41) is 2.59. The third kappa shape index (κ3) is 1.04. The summed E-state index contributed by atoms with van der Waals surface area (Å²) in [6, 6.07) is 0. The van der Waals surface area contributed by atoms with Crippen LogP contribution < -0.4 is 5.32 Å². The Labute approximate surface area is 53.4 Å². The van der Waals surface area contributed by atoms with Crippen LogP contribution >= 0.6 is 0 Å². The average Bonchev–Trinajstić information content (AvgIpc) is 2.15. The summed E-state index contributed by atoms with van der Waals surface area (Å²) in [6.45, 7) is 1.88. The third-order valence-corrected chi connectivity index (χ3v) is 1.86. The molecule has 2 unspecified atom stereocenters.